The van der Waals surface area contributed by atoms with Crippen LogP contribution < -0.4 is 4.74 Å². The van der Waals surface area contributed by atoms with Crippen molar-refractivity contribution in [2.24, 2.45) is 0 Å². The van der Waals surface area contributed by atoms with Crippen LogP contribution in [0.3, 0.4) is 0 Å². The average Bonchev–Trinajstić information content (AvgIpc) is 2.77. The summed E-state index contributed by atoms with van der Waals surface area (Å²) in [5.41, 5.74) is 2.71. The largest absolute Gasteiger partial charge is 0.494 e. The normalized spacial score (nSPS) is 11.0. The topological polar surface area (TPSA) is 35.5 Å². The highest BCUT2D eigenvalue weighted by atomic mass is 16.5. The molecule has 156 valence electrons. The number of benzene rings is 2. The van der Waals surface area contributed by atoms with Crippen molar-refractivity contribution in [1.82, 2.24) is 0 Å². The summed E-state index contributed by atoms with van der Waals surface area (Å²) in [6.07, 6.45) is 14.6. The van der Waals surface area contributed by atoms with Gasteiger partial charge in [0.2, 0.25) is 0 Å². The third-order valence-electron chi connectivity index (χ3n) is 4.95. The first kappa shape index (κ1) is 22.7. The van der Waals surface area contributed by atoms with E-state index in [0.29, 0.717) is 5.56 Å². The van der Waals surface area contributed by atoms with Gasteiger partial charge >= 0.3 is 5.97 Å². The van der Waals surface area contributed by atoms with Crippen LogP contribution in [0.1, 0.15) is 79.8 Å². The number of hydrogen-bond acceptors (Lipinski definition) is 3. The zero-order chi connectivity index (χ0) is 20.7. The molecule has 0 aromatic heterocycles. The predicted octanol–water partition coefficient (Wildman–Crippen LogP) is 7.16. The minimum atomic E-state index is -0.317. The first-order valence-electron chi connectivity index (χ1n) is 10.8. The Balaban J connectivity index is 1.67. The zero-order valence-corrected chi connectivity index (χ0v) is 17.9. The van der Waals surface area contributed by atoms with Gasteiger partial charge in [-0.05, 0) is 41.8 Å². The molecule has 0 unspecified atom stereocenters. The van der Waals surface area contributed by atoms with Crippen LogP contribution in [0.25, 0.3) is 12.2 Å². The molecule has 0 saturated carbocycles. The molecule has 0 aliphatic carbocycles. The van der Waals surface area contributed by atoms with Gasteiger partial charge in [0.25, 0.3) is 0 Å². The Kier molecular flexibility index (Phi) is 10.7. The van der Waals surface area contributed by atoms with Gasteiger partial charge in [0, 0.05) is 0 Å². The van der Waals surface area contributed by atoms with Crippen molar-refractivity contribution in [3.05, 3.63) is 65.2 Å². The van der Waals surface area contributed by atoms with Gasteiger partial charge in [-0.25, -0.2) is 4.79 Å². The van der Waals surface area contributed by atoms with E-state index in [1.165, 1.54) is 52.1 Å². The summed E-state index contributed by atoms with van der Waals surface area (Å²) in [4.78, 5) is 11.5. The maximum Gasteiger partial charge on any atom is 0.337 e. The molecule has 0 heterocycles. The van der Waals surface area contributed by atoms with E-state index in [1.807, 2.05) is 30.3 Å². The molecule has 2 aromatic rings. The predicted molar refractivity (Wildman–Crippen MR) is 121 cm³/mol. The molecule has 0 spiro atoms. The molecular formula is C26H34O3. The zero-order valence-electron chi connectivity index (χ0n) is 17.9. The summed E-state index contributed by atoms with van der Waals surface area (Å²) in [7, 11) is 1.39. The molecule has 0 aliphatic heterocycles. The molecule has 0 fully saturated rings. The van der Waals surface area contributed by atoms with Crippen molar-refractivity contribution in [1.29, 1.82) is 0 Å². The molecule has 3 heteroatoms. The summed E-state index contributed by atoms with van der Waals surface area (Å²) >= 11 is 0. The highest BCUT2D eigenvalue weighted by Gasteiger charge is 2.03. The molecule has 0 amide bonds. The molecule has 2 rings (SSSR count). The Morgan fingerprint density at radius 3 is 1.83 bits per heavy atom. The molecule has 0 saturated heterocycles. The Bertz CT molecular complexity index is 730. The fraction of sp³-hybridized carbons (Fsp3) is 0.423. The maximum absolute atomic E-state index is 11.5. The molecule has 2 aromatic carbocycles. The molecule has 0 N–H and O–H groups in total. The van der Waals surface area contributed by atoms with Gasteiger partial charge in [0.15, 0.2) is 0 Å². The second-order valence-electron chi connectivity index (χ2n) is 7.34. The number of carbonyl (C=O) groups is 1. The highest BCUT2D eigenvalue weighted by Crippen LogP contribution is 2.16. The third kappa shape index (κ3) is 8.99. The van der Waals surface area contributed by atoms with E-state index in [0.717, 1.165) is 29.9 Å². The van der Waals surface area contributed by atoms with Gasteiger partial charge in [-0.1, -0.05) is 88.3 Å². The van der Waals surface area contributed by atoms with Crippen LogP contribution in [0.15, 0.2) is 48.5 Å². The van der Waals surface area contributed by atoms with E-state index in [-0.39, 0.29) is 5.97 Å². The van der Waals surface area contributed by atoms with Crippen LogP contribution >= 0.6 is 0 Å². The summed E-state index contributed by atoms with van der Waals surface area (Å²) in [5.74, 6) is 0.607. The SMILES string of the molecule is CCCCCCCCCCOc1ccc(/C=C/c2ccc(C(=O)OC)cc2)cc1. The second-order valence-corrected chi connectivity index (χ2v) is 7.34. The third-order valence-corrected chi connectivity index (χ3v) is 4.95. The van der Waals surface area contributed by atoms with Gasteiger partial charge in [-0.2, -0.15) is 0 Å². The lowest BCUT2D eigenvalue weighted by Gasteiger charge is -2.06. The molecule has 3 nitrogen and oxygen atoms in total. The van der Waals surface area contributed by atoms with Crippen molar-refractivity contribution >= 4 is 18.1 Å². The Hall–Kier alpha value is -2.55. The molecule has 29 heavy (non-hydrogen) atoms. The number of unbranched alkanes of at least 4 members (excludes halogenated alkanes) is 7. The summed E-state index contributed by atoms with van der Waals surface area (Å²) in [6.45, 7) is 3.04. The quantitative estimate of drug-likeness (QED) is 0.205. The van der Waals surface area contributed by atoms with Crippen LogP contribution in [0.2, 0.25) is 0 Å². The van der Waals surface area contributed by atoms with Crippen molar-refractivity contribution in [2.45, 2.75) is 58.3 Å². The molecule has 0 atom stereocenters. The Morgan fingerprint density at radius 1 is 0.759 bits per heavy atom. The lowest BCUT2D eigenvalue weighted by atomic mass is 10.1. The highest BCUT2D eigenvalue weighted by molar-refractivity contribution is 5.89. The molecular weight excluding hydrogens is 360 g/mol. The maximum atomic E-state index is 11.5. The Morgan fingerprint density at radius 2 is 1.28 bits per heavy atom. The van der Waals surface area contributed by atoms with Crippen molar-refractivity contribution in [2.75, 3.05) is 13.7 Å². The molecule has 0 aliphatic rings. The summed E-state index contributed by atoms with van der Waals surface area (Å²) in [5, 5.41) is 0. The van der Waals surface area contributed by atoms with Gasteiger partial charge in [0.1, 0.15) is 5.75 Å². The first-order valence-corrected chi connectivity index (χ1v) is 10.8. The van der Waals surface area contributed by atoms with E-state index in [1.54, 1.807) is 12.1 Å². The number of esters is 1. The summed E-state index contributed by atoms with van der Waals surface area (Å²) in [6, 6.07) is 15.5. The van der Waals surface area contributed by atoms with Crippen LogP contribution in [0, 0.1) is 0 Å². The van der Waals surface area contributed by atoms with Gasteiger partial charge < -0.3 is 9.47 Å². The van der Waals surface area contributed by atoms with Gasteiger partial charge in [0.05, 0.1) is 19.3 Å². The van der Waals surface area contributed by atoms with Gasteiger partial charge in [-0.15, -0.1) is 0 Å². The average molecular weight is 395 g/mol. The molecule has 0 bridgehead atoms. The Labute approximate surface area is 175 Å². The van der Waals surface area contributed by atoms with Crippen LogP contribution in [0.4, 0.5) is 0 Å². The number of methoxy groups -OCH3 is 1. The van der Waals surface area contributed by atoms with Crippen molar-refractivity contribution in [3.8, 4) is 5.75 Å². The fourth-order valence-electron chi connectivity index (χ4n) is 3.14. The van der Waals surface area contributed by atoms with Crippen LogP contribution in [0.5, 0.6) is 5.75 Å². The van der Waals surface area contributed by atoms with Crippen molar-refractivity contribution in [3.63, 3.8) is 0 Å². The van der Waals surface area contributed by atoms with E-state index in [9.17, 15) is 4.79 Å². The lowest BCUT2D eigenvalue weighted by molar-refractivity contribution is 0.0600. The number of ether oxygens (including phenoxy) is 2. The minimum Gasteiger partial charge on any atom is -0.494 e. The van der Waals surface area contributed by atoms with Crippen molar-refractivity contribution < 1.29 is 14.3 Å². The van der Waals surface area contributed by atoms with E-state index >= 15 is 0 Å². The number of rotatable bonds is 13. The summed E-state index contributed by atoms with van der Waals surface area (Å²) < 4.78 is 10.6. The monoisotopic (exact) mass is 394 g/mol. The minimum absolute atomic E-state index is 0.317. The lowest BCUT2D eigenvalue weighted by Crippen LogP contribution is -2.00. The molecule has 0 radical (unpaired) electrons. The van der Waals surface area contributed by atoms with E-state index < -0.39 is 0 Å². The van der Waals surface area contributed by atoms with Crippen LogP contribution in [-0.2, 0) is 4.74 Å². The van der Waals surface area contributed by atoms with E-state index in [4.69, 9.17) is 9.47 Å². The standard InChI is InChI=1S/C26H34O3/c1-3-4-5-6-7-8-9-10-21-29-25-19-15-23(16-20-25)12-11-22-13-17-24(18-14-22)26(27)28-2/h11-20H,3-10,21H2,1-2H3/b12-11+. The number of hydrogen-bond donors (Lipinski definition) is 0. The van der Waals surface area contributed by atoms with Crippen LogP contribution in [-0.4, -0.2) is 19.7 Å². The van der Waals surface area contributed by atoms with Gasteiger partial charge in [-0.3, -0.25) is 0 Å². The number of carbonyl (C=O) groups excluding carboxylic acids is 1. The smallest absolute Gasteiger partial charge is 0.337 e. The fourth-order valence-corrected chi connectivity index (χ4v) is 3.14. The van der Waals surface area contributed by atoms with E-state index in [2.05, 4.69) is 25.1 Å². The first-order chi connectivity index (χ1) is 14.2. The second kappa shape index (κ2) is 13.6.